The quantitative estimate of drug-likeness (QED) is 0.670. The minimum Gasteiger partial charge on any atom is -0.418 e. The lowest BCUT2D eigenvalue weighted by Crippen LogP contribution is -1.82. The summed E-state index contributed by atoms with van der Waals surface area (Å²) in [7, 11) is 0. The SMILES string of the molecule is O=COc1cc2ccsc2s1. The Morgan fingerprint density at radius 1 is 1.55 bits per heavy atom. The Bertz CT molecular complexity index is 346. The predicted molar refractivity (Wildman–Crippen MR) is 46.4 cm³/mol. The van der Waals surface area contributed by atoms with Crippen molar-refractivity contribution in [3.8, 4) is 5.06 Å². The highest BCUT2D eigenvalue weighted by molar-refractivity contribution is 7.38. The van der Waals surface area contributed by atoms with Gasteiger partial charge >= 0.3 is 0 Å². The maximum Gasteiger partial charge on any atom is 0.299 e. The molecule has 4 heteroatoms. The van der Waals surface area contributed by atoms with Gasteiger partial charge in [-0.15, -0.1) is 11.3 Å². The van der Waals surface area contributed by atoms with Gasteiger partial charge in [-0.1, -0.05) is 11.3 Å². The Hall–Kier alpha value is -0.870. The molecule has 0 aliphatic carbocycles. The van der Waals surface area contributed by atoms with Crippen molar-refractivity contribution in [1.29, 1.82) is 0 Å². The van der Waals surface area contributed by atoms with Crippen molar-refractivity contribution in [1.82, 2.24) is 0 Å². The third kappa shape index (κ3) is 1.15. The fourth-order valence-electron chi connectivity index (χ4n) is 0.849. The Balaban J connectivity index is 2.49. The summed E-state index contributed by atoms with van der Waals surface area (Å²) < 4.78 is 5.89. The van der Waals surface area contributed by atoms with Crippen molar-refractivity contribution >= 4 is 38.5 Å². The molecule has 2 aromatic rings. The van der Waals surface area contributed by atoms with Crippen LogP contribution in [0.2, 0.25) is 0 Å². The zero-order chi connectivity index (χ0) is 7.68. The van der Waals surface area contributed by atoms with E-state index in [0.29, 0.717) is 11.5 Å². The van der Waals surface area contributed by atoms with E-state index in [1.54, 1.807) is 11.3 Å². The molecule has 0 fully saturated rings. The van der Waals surface area contributed by atoms with E-state index in [2.05, 4.69) is 0 Å². The van der Waals surface area contributed by atoms with Crippen LogP contribution in [0.25, 0.3) is 9.40 Å². The first kappa shape index (κ1) is 6.82. The average molecular weight is 184 g/mol. The highest BCUT2D eigenvalue weighted by Crippen LogP contribution is 2.34. The second-order valence-electron chi connectivity index (χ2n) is 1.94. The predicted octanol–water partition coefficient (Wildman–Crippen LogP) is 2.50. The molecular formula is C7H4O2S2. The third-order valence-electron chi connectivity index (χ3n) is 1.29. The highest BCUT2D eigenvalue weighted by Gasteiger charge is 2.01. The maximum atomic E-state index is 9.96. The molecule has 2 rings (SSSR count). The van der Waals surface area contributed by atoms with Crippen LogP contribution in [0.15, 0.2) is 17.5 Å². The number of hydrogen-bond donors (Lipinski definition) is 0. The third-order valence-corrected chi connectivity index (χ3v) is 3.39. The Morgan fingerprint density at radius 2 is 2.45 bits per heavy atom. The van der Waals surface area contributed by atoms with Crippen molar-refractivity contribution in [3.63, 3.8) is 0 Å². The van der Waals surface area contributed by atoms with E-state index >= 15 is 0 Å². The molecular weight excluding hydrogens is 180 g/mol. The number of fused-ring (bicyclic) bond motifs is 1. The molecule has 0 atom stereocenters. The smallest absolute Gasteiger partial charge is 0.299 e. The van der Waals surface area contributed by atoms with E-state index in [0.717, 1.165) is 5.39 Å². The van der Waals surface area contributed by atoms with Crippen molar-refractivity contribution in [2.45, 2.75) is 0 Å². The summed E-state index contributed by atoms with van der Waals surface area (Å²) in [5, 5.41) is 3.84. The number of hydrogen-bond acceptors (Lipinski definition) is 4. The molecule has 2 nitrogen and oxygen atoms in total. The molecule has 0 spiro atoms. The summed E-state index contributed by atoms with van der Waals surface area (Å²) in [6, 6.07) is 3.87. The first-order valence-corrected chi connectivity index (χ1v) is 4.67. The van der Waals surface area contributed by atoms with Gasteiger partial charge in [-0.25, -0.2) is 0 Å². The van der Waals surface area contributed by atoms with Gasteiger partial charge in [-0.3, -0.25) is 4.79 Å². The standard InChI is InChI=1S/C7H4O2S2/c8-4-9-6-3-5-1-2-10-7(5)11-6/h1-4H. The molecule has 0 unspecified atom stereocenters. The van der Waals surface area contributed by atoms with Gasteiger partial charge in [0.15, 0.2) is 5.06 Å². The van der Waals surface area contributed by atoms with Crippen molar-refractivity contribution in [2.24, 2.45) is 0 Å². The molecule has 0 amide bonds. The second kappa shape index (κ2) is 2.64. The molecule has 2 aromatic heterocycles. The zero-order valence-corrected chi connectivity index (χ0v) is 7.08. The molecule has 0 aliphatic heterocycles. The molecule has 11 heavy (non-hydrogen) atoms. The monoisotopic (exact) mass is 184 g/mol. The topological polar surface area (TPSA) is 26.3 Å². The van der Waals surface area contributed by atoms with Crippen LogP contribution in [0.1, 0.15) is 0 Å². The largest absolute Gasteiger partial charge is 0.418 e. The van der Waals surface area contributed by atoms with Crippen LogP contribution in [0, 0.1) is 0 Å². The molecule has 0 aliphatic rings. The van der Waals surface area contributed by atoms with E-state index in [1.165, 1.54) is 15.4 Å². The van der Waals surface area contributed by atoms with E-state index in [9.17, 15) is 4.79 Å². The van der Waals surface area contributed by atoms with Crippen LogP contribution < -0.4 is 4.74 Å². The fraction of sp³-hybridized carbons (Fsp3) is 0. The molecule has 56 valence electrons. The summed E-state index contributed by atoms with van der Waals surface area (Å²) in [5.74, 6) is 0. The molecule has 0 saturated heterocycles. The van der Waals surface area contributed by atoms with Gasteiger partial charge in [0, 0.05) is 11.5 Å². The van der Waals surface area contributed by atoms with Gasteiger partial charge in [0.25, 0.3) is 6.47 Å². The maximum absolute atomic E-state index is 9.96. The van der Waals surface area contributed by atoms with E-state index in [-0.39, 0.29) is 0 Å². The van der Waals surface area contributed by atoms with Crippen molar-refractivity contribution < 1.29 is 9.53 Å². The van der Waals surface area contributed by atoms with Crippen LogP contribution in [-0.4, -0.2) is 6.47 Å². The average Bonchev–Trinajstić information content (AvgIpc) is 2.46. The van der Waals surface area contributed by atoms with Gasteiger partial charge < -0.3 is 4.74 Å². The van der Waals surface area contributed by atoms with Crippen molar-refractivity contribution in [3.05, 3.63) is 17.5 Å². The van der Waals surface area contributed by atoms with Gasteiger partial charge in [-0.2, -0.15) is 0 Å². The van der Waals surface area contributed by atoms with Crippen molar-refractivity contribution in [2.75, 3.05) is 0 Å². The van der Waals surface area contributed by atoms with Crippen LogP contribution in [0.3, 0.4) is 0 Å². The second-order valence-corrected chi connectivity index (χ2v) is 4.13. The minimum atomic E-state index is 0.454. The number of carbonyl (C=O) groups is 1. The zero-order valence-electron chi connectivity index (χ0n) is 5.44. The lowest BCUT2D eigenvalue weighted by molar-refractivity contribution is -0.120. The molecule has 2 heterocycles. The lowest BCUT2D eigenvalue weighted by atomic mass is 10.4. The Kier molecular flexibility index (Phi) is 1.63. The van der Waals surface area contributed by atoms with E-state index < -0.39 is 0 Å². The van der Waals surface area contributed by atoms with Crippen LogP contribution in [-0.2, 0) is 4.79 Å². The number of ether oxygens (including phenoxy) is 1. The molecule has 0 saturated carbocycles. The van der Waals surface area contributed by atoms with Gasteiger partial charge in [0.2, 0.25) is 0 Å². The van der Waals surface area contributed by atoms with Gasteiger partial charge in [0.05, 0.1) is 4.01 Å². The first-order valence-electron chi connectivity index (χ1n) is 2.97. The van der Waals surface area contributed by atoms with Gasteiger partial charge in [0.1, 0.15) is 0 Å². The normalized spacial score (nSPS) is 10.2. The molecule has 0 radical (unpaired) electrons. The fourth-order valence-corrected chi connectivity index (χ4v) is 2.76. The highest BCUT2D eigenvalue weighted by atomic mass is 32.2. The number of thiophene rings is 2. The Labute approximate surface area is 71.0 Å². The lowest BCUT2D eigenvalue weighted by Gasteiger charge is -1.85. The number of carbonyl (C=O) groups excluding carboxylic acids is 1. The summed E-state index contributed by atoms with van der Waals surface area (Å²) >= 11 is 3.15. The summed E-state index contributed by atoms with van der Waals surface area (Å²) in [6.45, 7) is 0.454. The van der Waals surface area contributed by atoms with Gasteiger partial charge in [-0.05, 0) is 11.4 Å². The van der Waals surface area contributed by atoms with Crippen LogP contribution in [0.4, 0.5) is 0 Å². The summed E-state index contributed by atoms with van der Waals surface area (Å²) in [6.07, 6.45) is 0. The summed E-state index contributed by atoms with van der Waals surface area (Å²) in [4.78, 5) is 9.96. The Morgan fingerprint density at radius 3 is 3.18 bits per heavy atom. The number of rotatable bonds is 2. The first-order chi connectivity index (χ1) is 5.40. The molecule has 0 aromatic carbocycles. The summed E-state index contributed by atoms with van der Waals surface area (Å²) in [5.41, 5.74) is 0. The molecule has 0 N–H and O–H groups in total. The van der Waals surface area contributed by atoms with E-state index in [1.807, 2.05) is 17.5 Å². The van der Waals surface area contributed by atoms with Crippen LogP contribution in [0.5, 0.6) is 5.06 Å². The molecule has 0 bridgehead atoms. The van der Waals surface area contributed by atoms with E-state index in [4.69, 9.17) is 4.74 Å². The van der Waals surface area contributed by atoms with Crippen LogP contribution >= 0.6 is 22.7 Å². The minimum absolute atomic E-state index is 0.454.